The molecule has 260 valence electrons. The number of allylic oxidation sites excluding steroid dienone is 2. The molecule has 3 aromatic rings. The van der Waals surface area contributed by atoms with Crippen molar-refractivity contribution in [3.8, 4) is 23.0 Å². The monoisotopic (exact) mass is 704 g/mol. The Labute approximate surface area is 297 Å². The predicted octanol–water partition coefficient (Wildman–Crippen LogP) is 6.63. The first-order valence-electron chi connectivity index (χ1n) is 16.6. The van der Waals surface area contributed by atoms with E-state index in [1.165, 1.54) is 39.2 Å². The molecule has 49 heavy (non-hydrogen) atoms. The van der Waals surface area contributed by atoms with Crippen LogP contribution in [0.2, 0.25) is 0 Å². The summed E-state index contributed by atoms with van der Waals surface area (Å²) < 4.78 is 33.8. The molecule has 2 aromatic carbocycles. The van der Waals surface area contributed by atoms with E-state index in [-0.39, 0.29) is 5.25 Å². The minimum Gasteiger partial charge on any atom is -0.382 e. The molecule has 5 rings (SSSR count). The Morgan fingerprint density at radius 3 is 1.92 bits per heavy atom. The lowest BCUT2D eigenvalue weighted by Crippen LogP contribution is -2.30. The molecule has 0 bridgehead atoms. The van der Waals surface area contributed by atoms with E-state index in [4.69, 9.17) is 28.4 Å². The fraction of sp³-hybridized carbons (Fsp3) is 0.436. The van der Waals surface area contributed by atoms with Crippen molar-refractivity contribution in [2.24, 2.45) is 0 Å². The molecule has 1 aliphatic carbocycles. The molecule has 10 heteroatoms. The average Bonchev–Trinajstić information content (AvgIpc) is 3.87. The SMILES string of the molecule is COCCOCCOCCC1(CCOCCOCCOC)c2cc(C#Cc3ccc(C=O)s3)ccc2-c2ccc(C3CC=C(C=O)S3)cc21. The summed E-state index contributed by atoms with van der Waals surface area (Å²) in [5.41, 5.74) is 6.55. The Morgan fingerprint density at radius 1 is 0.714 bits per heavy atom. The number of hydrogen-bond donors (Lipinski definition) is 0. The molecular formula is C39H44O8S2. The maximum Gasteiger partial charge on any atom is 0.160 e. The Kier molecular flexibility index (Phi) is 14.7. The van der Waals surface area contributed by atoms with Gasteiger partial charge in [0.25, 0.3) is 0 Å². The van der Waals surface area contributed by atoms with Crippen molar-refractivity contribution in [1.29, 1.82) is 0 Å². The number of thiophene rings is 1. The maximum atomic E-state index is 11.5. The van der Waals surface area contributed by atoms with E-state index < -0.39 is 5.41 Å². The quantitative estimate of drug-likeness (QED) is 0.0689. The van der Waals surface area contributed by atoms with Gasteiger partial charge in [0.15, 0.2) is 12.6 Å². The molecule has 0 N–H and O–H groups in total. The highest BCUT2D eigenvalue weighted by molar-refractivity contribution is 8.04. The van der Waals surface area contributed by atoms with Crippen LogP contribution in [-0.2, 0) is 38.6 Å². The van der Waals surface area contributed by atoms with E-state index in [0.29, 0.717) is 70.9 Å². The number of ether oxygens (including phenoxy) is 6. The van der Waals surface area contributed by atoms with E-state index >= 15 is 0 Å². The third kappa shape index (κ3) is 9.78. The number of aldehydes is 2. The van der Waals surface area contributed by atoms with Gasteiger partial charge in [0.1, 0.15) is 0 Å². The fourth-order valence-corrected chi connectivity index (χ4v) is 7.98. The van der Waals surface area contributed by atoms with Crippen LogP contribution >= 0.6 is 23.1 Å². The standard InChI is InChI=1S/C39H44O8S2/c1-42-17-19-46-23-21-44-15-13-39(14-16-45-22-24-47-20-18-43-2)36-25-29(3-6-31-7-8-32(27-40)48-31)4-10-34(36)35-11-5-30(26-37(35)39)38-12-9-33(28-41)49-38/h4-5,7-11,25-28,38H,12-24H2,1-2H3. The van der Waals surface area contributed by atoms with Crippen LogP contribution in [0.4, 0.5) is 0 Å². The second kappa shape index (κ2) is 19.3. The predicted molar refractivity (Wildman–Crippen MR) is 194 cm³/mol. The first-order valence-corrected chi connectivity index (χ1v) is 18.3. The minimum absolute atomic E-state index is 0.191. The summed E-state index contributed by atoms with van der Waals surface area (Å²) in [4.78, 5) is 25.0. The number of carbonyl (C=O) groups is 2. The van der Waals surface area contributed by atoms with Crippen LogP contribution in [0.25, 0.3) is 11.1 Å². The van der Waals surface area contributed by atoms with Gasteiger partial charge in [0, 0.05) is 48.6 Å². The highest BCUT2D eigenvalue weighted by Gasteiger charge is 2.43. The number of benzene rings is 2. The lowest BCUT2D eigenvalue weighted by Gasteiger charge is -2.33. The number of fused-ring (bicyclic) bond motifs is 3. The van der Waals surface area contributed by atoms with Gasteiger partial charge in [-0.3, -0.25) is 9.59 Å². The molecule has 0 saturated carbocycles. The third-order valence-electron chi connectivity index (χ3n) is 8.71. The zero-order valence-electron chi connectivity index (χ0n) is 28.2. The molecule has 0 fully saturated rings. The van der Waals surface area contributed by atoms with Gasteiger partial charge in [-0.2, -0.15) is 0 Å². The van der Waals surface area contributed by atoms with Gasteiger partial charge >= 0.3 is 0 Å². The summed E-state index contributed by atoms with van der Waals surface area (Å²) in [6.45, 7) is 5.21. The van der Waals surface area contributed by atoms with E-state index in [0.717, 1.165) is 47.2 Å². The van der Waals surface area contributed by atoms with Crippen molar-refractivity contribution in [1.82, 2.24) is 0 Å². The van der Waals surface area contributed by atoms with Crippen LogP contribution in [0, 0.1) is 11.8 Å². The van der Waals surface area contributed by atoms with E-state index in [2.05, 4.69) is 48.2 Å². The molecule has 2 aliphatic rings. The first kappa shape index (κ1) is 37.2. The van der Waals surface area contributed by atoms with Crippen molar-refractivity contribution in [3.05, 3.63) is 91.5 Å². The van der Waals surface area contributed by atoms with E-state index in [1.54, 1.807) is 32.0 Å². The van der Waals surface area contributed by atoms with Crippen LogP contribution in [0.15, 0.2) is 59.5 Å². The smallest absolute Gasteiger partial charge is 0.160 e. The number of hydrogen-bond acceptors (Lipinski definition) is 10. The molecule has 8 nitrogen and oxygen atoms in total. The minimum atomic E-state index is -0.399. The van der Waals surface area contributed by atoms with E-state index in [9.17, 15) is 9.59 Å². The van der Waals surface area contributed by atoms with Gasteiger partial charge in [-0.25, -0.2) is 0 Å². The second-order valence-corrected chi connectivity index (χ2v) is 14.1. The lowest BCUT2D eigenvalue weighted by atomic mass is 9.72. The number of rotatable bonds is 21. The van der Waals surface area contributed by atoms with Crippen LogP contribution < -0.4 is 0 Å². The summed E-state index contributed by atoms with van der Waals surface area (Å²) in [5.74, 6) is 6.60. The van der Waals surface area contributed by atoms with Crippen LogP contribution in [0.3, 0.4) is 0 Å². The Morgan fingerprint density at radius 2 is 1.33 bits per heavy atom. The van der Waals surface area contributed by atoms with Crippen molar-refractivity contribution in [2.75, 3.05) is 80.3 Å². The van der Waals surface area contributed by atoms with Crippen LogP contribution in [0.1, 0.15) is 61.3 Å². The van der Waals surface area contributed by atoms with Crippen LogP contribution in [0.5, 0.6) is 0 Å². The zero-order valence-corrected chi connectivity index (χ0v) is 29.8. The molecule has 1 unspecified atom stereocenters. The Balaban J connectivity index is 1.45. The van der Waals surface area contributed by atoms with Gasteiger partial charge in [-0.05, 0) is 71.3 Å². The average molecular weight is 705 g/mol. The first-order chi connectivity index (χ1) is 24.1. The molecule has 1 atom stereocenters. The van der Waals surface area contributed by atoms with Crippen molar-refractivity contribution >= 4 is 35.7 Å². The van der Waals surface area contributed by atoms with Crippen LogP contribution in [-0.4, -0.2) is 92.9 Å². The molecule has 0 amide bonds. The van der Waals surface area contributed by atoms with E-state index in [1.807, 2.05) is 12.1 Å². The molecule has 1 aromatic heterocycles. The van der Waals surface area contributed by atoms with Gasteiger partial charge in [-0.1, -0.05) is 42.2 Å². The molecule has 0 radical (unpaired) electrons. The topological polar surface area (TPSA) is 89.5 Å². The number of carbonyl (C=O) groups excluding carboxylic acids is 2. The number of thioether (sulfide) groups is 1. The molecule has 0 saturated heterocycles. The largest absolute Gasteiger partial charge is 0.382 e. The summed E-state index contributed by atoms with van der Waals surface area (Å²) in [5, 5.41) is 0.191. The van der Waals surface area contributed by atoms with Crippen molar-refractivity contribution in [2.45, 2.75) is 29.9 Å². The second-order valence-electron chi connectivity index (χ2n) is 11.7. The lowest BCUT2D eigenvalue weighted by molar-refractivity contribution is -0.104. The number of methoxy groups -OCH3 is 2. The molecule has 0 spiro atoms. The fourth-order valence-electron chi connectivity index (χ4n) is 6.26. The molecule has 2 heterocycles. The highest BCUT2D eigenvalue weighted by Crippen LogP contribution is 2.54. The third-order valence-corrected chi connectivity index (χ3v) is 10.9. The molecule has 1 aliphatic heterocycles. The van der Waals surface area contributed by atoms with Gasteiger partial charge in [0.2, 0.25) is 0 Å². The summed E-state index contributed by atoms with van der Waals surface area (Å²) in [6.07, 6.45) is 6.13. The Bertz CT molecular complexity index is 1620. The van der Waals surface area contributed by atoms with Gasteiger partial charge in [0.05, 0.1) is 62.6 Å². The van der Waals surface area contributed by atoms with Gasteiger partial charge < -0.3 is 28.4 Å². The molecular weight excluding hydrogens is 661 g/mol. The van der Waals surface area contributed by atoms with Crippen molar-refractivity contribution in [3.63, 3.8) is 0 Å². The summed E-state index contributed by atoms with van der Waals surface area (Å²) in [7, 11) is 3.32. The normalized spacial score (nSPS) is 15.7. The van der Waals surface area contributed by atoms with Gasteiger partial charge in [-0.15, -0.1) is 23.1 Å². The highest BCUT2D eigenvalue weighted by atomic mass is 32.2. The maximum absolute atomic E-state index is 11.5. The van der Waals surface area contributed by atoms with Crippen molar-refractivity contribution < 1.29 is 38.0 Å². The summed E-state index contributed by atoms with van der Waals surface area (Å²) in [6, 6.07) is 16.9. The zero-order chi connectivity index (χ0) is 34.3. The summed E-state index contributed by atoms with van der Waals surface area (Å²) >= 11 is 3.02. The Hall–Kier alpha value is -3.11.